The number of likely N-dealkylation sites (tertiary alicyclic amines) is 1. The highest BCUT2D eigenvalue weighted by atomic mass is 16.7. The van der Waals surface area contributed by atoms with Gasteiger partial charge in [-0.25, -0.2) is 4.79 Å². The number of carbonyl (C=O) groups is 1. The van der Waals surface area contributed by atoms with Gasteiger partial charge in [-0.1, -0.05) is 25.3 Å². The van der Waals surface area contributed by atoms with Crippen molar-refractivity contribution in [2.45, 2.75) is 63.6 Å². The van der Waals surface area contributed by atoms with E-state index in [1.54, 1.807) is 0 Å². The van der Waals surface area contributed by atoms with Gasteiger partial charge in [0.1, 0.15) is 0 Å². The van der Waals surface area contributed by atoms with Crippen molar-refractivity contribution >= 4 is 6.03 Å². The summed E-state index contributed by atoms with van der Waals surface area (Å²) in [6, 6.07) is 7.32. The number of benzene rings is 1. The van der Waals surface area contributed by atoms with Crippen molar-refractivity contribution in [1.82, 2.24) is 20.0 Å². The number of piperazine rings is 1. The average Bonchev–Trinajstić information content (AvgIpc) is 3.28. The molecule has 1 saturated carbocycles. The van der Waals surface area contributed by atoms with Crippen LogP contribution in [0.5, 0.6) is 11.5 Å². The fourth-order valence-electron chi connectivity index (χ4n) is 5.53. The summed E-state index contributed by atoms with van der Waals surface area (Å²) in [6.07, 6.45) is 8.44. The first-order chi connectivity index (χ1) is 15.2. The molecule has 2 saturated heterocycles. The van der Waals surface area contributed by atoms with Gasteiger partial charge in [0.2, 0.25) is 6.79 Å². The van der Waals surface area contributed by atoms with Crippen LogP contribution in [0.15, 0.2) is 18.2 Å². The molecular weight excluding hydrogens is 392 g/mol. The Balaban J connectivity index is 1.09. The molecule has 7 nitrogen and oxygen atoms in total. The predicted molar refractivity (Wildman–Crippen MR) is 119 cm³/mol. The number of hydrogen-bond donors (Lipinski definition) is 1. The molecule has 0 unspecified atom stereocenters. The number of piperidine rings is 1. The van der Waals surface area contributed by atoms with E-state index in [1.165, 1.54) is 31.2 Å². The summed E-state index contributed by atoms with van der Waals surface area (Å²) in [5.41, 5.74) is 1.28. The minimum atomic E-state index is 0.165. The zero-order chi connectivity index (χ0) is 21.0. The lowest BCUT2D eigenvalue weighted by Gasteiger charge is -2.43. The number of nitrogens with zero attached hydrogens (tertiary/aromatic N) is 3. The monoisotopic (exact) mass is 428 g/mol. The van der Waals surface area contributed by atoms with Gasteiger partial charge in [-0.05, 0) is 43.4 Å². The van der Waals surface area contributed by atoms with Gasteiger partial charge in [0.15, 0.2) is 11.5 Å². The number of urea groups is 1. The summed E-state index contributed by atoms with van der Waals surface area (Å²) < 4.78 is 10.9. The Hall–Kier alpha value is -1.99. The van der Waals surface area contributed by atoms with Crippen LogP contribution in [0.4, 0.5) is 4.79 Å². The average molecular weight is 429 g/mol. The maximum Gasteiger partial charge on any atom is 0.317 e. The van der Waals surface area contributed by atoms with E-state index in [-0.39, 0.29) is 6.03 Å². The van der Waals surface area contributed by atoms with Crippen LogP contribution < -0.4 is 14.8 Å². The number of ether oxygens (including phenoxy) is 2. The van der Waals surface area contributed by atoms with Crippen LogP contribution >= 0.6 is 0 Å². The molecule has 1 aliphatic carbocycles. The molecule has 170 valence electrons. The van der Waals surface area contributed by atoms with E-state index in [4.69, 9.17) is 9.47 Å². The molecule has 4 aliphatic rings. The standard InChI is InChI=1S/C24H36N4O3/c29-24(25-20-5-2-1-3-6-20)28-10-4-7-21(17-28)27-13-11-26(12-14-27)16-19-8-9-22-23(15-19)31-18-30-22/h8-9,15,20-21H,1-7,10-14,16-18H2,(H,25,29)/t21-/m1/s1. The van der Waals surface area contributed by atoms with Crippen molar-refractivity contribution in [2.24, 2.45) is 0 Å². The molecule has 0 spiro atoms. The number of rotatable bonds is 4. The first kappa shape index (κ1) is 20.9. The number of carbonyl (C=O) groups excluding carboxylic acids is 1. The lowest BCUT2D eigenvalue weighted by molar-refractivity contribution is 0.0575. The fourth-order valence-corrected chi connectivity index (χ4v) is 5.53. The molecule has 1 aromatic carbocycles. The van der Waals surface area contributed by atoms with Crippen molar-refractivity contribution in [2.75, 3.05) is 46.1 Å². The lowest BCUT2D eigenvalue weighted by atomic mass is 9.95. The Morgan fingerprint density at radius 2 is 1.74 bits per heavy atom. The largest absolute Gasteiger partial charge is 0.454 e. The first-order valence-electron chi connectivity index (χ1n) is 12.1. The SMILES string of the molecule is O=C(NC1CCCCC1)N1CCC[C@@H](N2CCN(Cc3ccc4c(c3)OCO4)CC2)C1. The van der Waals surface area contributed by atoms with Crippen LogP contribution in [-0.4, -0.2) is 78.9 Å². The van der Waals surface area contributed by atoms with Crippen LogP contribution in [0.25, 0.3) is 0 Å². The Labute approximate surface area is 185 Å². The first-order valence-corrected chi connectivity index (χ1v) is 12.1. The van der Waals surface area contributed by atoms with Gasteiger partial charge in [0.05, 0.1) is 0 Å². The minimum Gasteiger partial charge on any atom is -0.454 e. The van der Waals surface area contributed by atoms with Crippen molar-refractivity contribution < 1.29 is 14.3 Å². The van der Waals surface area contributed by atoms with Crippen LogP contribution in [0.3, 0.4) is 0 Å². The zero-order valence-corrected chi connectivity index (χ0v) is 18.6. The number of nitrogens with one attached hydrogen (secondary N) is 1. The van der Waals surface area contributed by atoms with Gasteiger partial charge < -0.3 is 19.7 Å². The molecule has 1 N–H and O–H groups in total. The van der Waals surface area contributed by atoms with E-state index in [0.717, 1.165) is 76.6 Å². The molecule has 0 bridgehead atoms. The fraction of sp³-hybridized carbons (Fsp3) is 0.708. The van der Waals surface area contributed by atoms with Gasteiger partial charge in [0.25, 0.3) is 0 Å². The summed E-state index contributed by atoms with van der Waals surface area (Å²) in [6.45, 7) is 7.35. The van der Waals surface area contributed by atoms with E-state index in [2.05, 4.69) is 32.1 Å². The highest BCUT2D eigenvalue weighted by molar-refractivity contribution is 5.74. The van der Waals surface area contributed by atoms with Crippen molar-refractivity contribution in [3.63, 3.8) is 0 Å². The second kappa shape index (κ2) is 9.65. The van der Waals surface area contributed by atoms with Crippen LogP contribution in [0.1, 0.15) is 50.5 Å². The van der Waals surface area contributed by atoms with Gasteiger partial charge in [-0.3, -0.25) is 9.80 Å². The van der Waals surface area contributed by atoms with Gasteiger partial charge in [0, 0.05) is 57.9 Å². The Kier molecular flexibility index (Phi) is 6.50. The topological polar surface area (TPSA) is 57.3 Å². The summed E-state index contributed by atoms with van der Waals surface area (Å²) in [4.78, 5) is 20.0. The third-order valence-corrected chi connectivity index (χ3v) is 7.38. The molecule has 7 heteroatoms. The van der Waals surface area contributed by atoms with E-state index in [0.29, 0.717) is 18.9 Å². The molecular formula is C24H36N4O3. The number of amides is 2. The molecule has 3 fully saturated rings. The van der Waals surface area contributed by atoms with Crippen LogP contribution in [0.2, 0.25) is 0 Å². The summed E-state index contributed by atoms with van der Waals surface area (Å²) >= 11 is 0. The van der Waals surface area contributed by atoms with Crippen molar-refractivity contribution in [3.05, 3.63) is 23.8 Å². The van der Waals surface area contributed by atoms with Crippen LogP contribution in [0, 0.1) is 0 Å². The predicted octanol–water partition coefficient (Wildman–Crippen LogP) is 3.04. The second-order valence-corrected chi connectivity index (χ2v) is 9.53. The lowest BCUT2D eigenvalue weighted by Crippen LogP contribution is -2.57. The quantitative estimate of drug-likeness (QED) is 0.799. The normalized spacial score (nSPS) is 25.5. The molecule has 1 aromatic rings. The van der Waals surface area contributed by atoms with E-state index in [9.17, 15) is 4.79 Å². The summed E-state index contributed by atoms with van der Waals surface area (Å²) in [7, 11) is 0. The molecule has 2 amide bonds. The number of fused-ring (bicyclic) bond motifs is 1. The maximum atomic E-state index is 12.8. The van der Waals surface area contributed by atoms with Gasteiger partial charge >= 0.3 is 6.03 Å². The molecule has 0 aromatic heterocycles. The number of hydrogen-bond acceptors (Lipinski definition) is 5. The van der Waals surface area contributed by atoms with E-state index in [1.807, 2.05) is 6.07 Å². The molecule has 3 aliphatic heterocycles. The molecule has 3 heterocycles. The zero-order valence-electron chi connectivity index (χ0n) is 18.6. The van der Waals surface area contributed by atoms with Crippen molar-refractivity contribution in [1.29, 1.82) is 0 Å². The van der Waals surface area contributed by atoms with Crippen molar-refractivity contribution in [3.8, 4) is 11.5 Å². The third kappa shape index (κ3) is 5.09. The highest BCUT2D eigenvalue weighted by Crippen LogP contribution is 2.33. The second-order valence-electron chi connectivity index (χ2n) is 9.53. The van der Waals surface area contributed by atoms with Gasteiger partial charge in [-0.15, -0.1) is 0 Å². The maximum absolute atomic E-state index is 12.8. The molecule has 31 heavy (non-hydrogen) atoms. The Morgan fingerprint density at radius 1 is 0.935 bits per heavy atom. The van der Waals surface area contributed by atoms with E-state index >= 15 is 0 Å². The molecule has 1 atom stereocenters. The smallest absolute Gasteiger partial charge is 0.317 e. The van der Waals surface area contributed by atoms with Crippen LogP contribution in [-0.2, 0) is 6.54 Å². The highest BCUT2D eigenvalue weighted by Gasteiger charge is 2.31. The van der Waals surface area contributed by atoms with Gasteiger partial charge in [-0.2, -0.15) is 0 Å². The van der Waals surface area contributed by atoms with E-state index < -0.39 is 0 Å². The third-order valence-electron chi connectivity index (χ3n) is 7.38. The minimum absolute atomic E-state index is 0.165. The molecule has 0 radical (unpaired) electrons. The summed E-state index contributed by atoms with van der Waals surface area (Å²) in [5, 5.41) is 3.31. The molecule has 5 rings (SSSR count). The Bertz CT molecular complexity index is 759. The Morgan fingerprint density at radius 3 is 2.58 bits per heavy atom. The summed E-state index contributed by atoms with van der Waals surface area (Å²) in [5.74, 6) is 1.72.